The number of pyridine rings is 2. The van der Waals surface area contributed by atoms with Gasteiger partial charge in [-0.3, -0.25) is 4.79 Å². The minimum absolute atomic E-state index is 0.0256. The predicted octanol–water partition coefficient (Wildman–Crippen LogP) is 4.43. The van der Waals surface area contributed by atoms with Crippen molar-refractivity contribution in [1.29, 1.82) is 0 Å². The minimum Gasteiger partial charge on any atom is -0.436 e. The van der Waals surface area contributed by atoms with Crippen LogP contribution in [0.2, 0.25) is 0 Å². The van der Waals surface area contributed by atoms with Gasteiger partial charge in [0.15, 0.2) is 5.58 Å². The van der Waals surface area contributed by atoms with Gasteiger partial charge in [-0.05, 0) is 49.9 Å². The number of nitrogens with zero attached hydrogens (tertiary/aromatic N) is 4. The average molecular weight is 428 g/mol. The molecule has 1 saturated heterocycles. The third kappa shape index (κ3) is 3.32. The molecule has 2 N–H and O–H groups in total. The molecule has 32 heavy (non-hydrogen) atoms. The van der Waals surface area contributed by atoms with Crippen LogP contribution in [0.15, 0.2) is 41.1 Å². The van der Waals surface area contributed by atoms with Crippen LogP contribution in [-0.4, -0.2) is 41.0 Å². The molecule has 2 fully saturated rings. The van der Waals surface area contributed by atoms with E-state index < -0.39 is 0 Å². The van der Waals surface area contributed by atoms with Crippen LogP contribution in [0, 0.1) is 5.92 Å². The molecule has 0 unspecified atom stereocenters. The molecule has 162 valence electrons. The Morgan fingerprint density at radius 3 is 2.72 bits per heavy atom. The summed E-state index contributed by atoms with van der Waals surface area (Å²) in [7, 11) is 1.82. The highest BCUT2D eigenvalue weighted by Gasteiger charge is 2.30. The number of oxazole rings is 1. The second kappa shape index (κ2) is 7.47. The molecular formula is C24H24N6O2. The highest BCUT2D eigenvalue weighted by atomic mass is 16.3. The van der Waals surface area contributed by atoms with E-state index >= 15 is 0 Å². The van der Waals surface area contributed by atoms with Crippen molar-refractivity contribution in [3.8, 4) is 11.5 Å². The lowest BCUT2D eigenvalue weighted by molar-refractivity contribution is -0.117. The maximum atomic E-state index is 12.2. The number of amides is 1. The van der Waals surface area contributed by atoms with Crippen molar-refractivity contribution in [3.05, 3.63) is 36.7 Å². The molecule has 6 rings (SSSR count). The highest BCUT2D eigenvalue weighted by molar-refractivity contribution is 6.03. The molecule has 0 bridgehead atoms. The van der Waals surface area contributed by atoms with Gasteiger partial charge in [-0.2, -0.15) is 0 Å². The van der Waals surface area contributed by atoms with Crippen LogP contribution in [0.3, 0.4) is 0 Å². The molecule has 0 atom stereocenters. The number of rotatable bonds is 5. The van der Waals surface area contributed by atoms with Gasteiger partial charge >= 0.3 is 0 Å². The molecule has 1 amide bonds. The summed E-state index contributed by atoms with van der Waals surface area (Å²) in [6.45, 7) is 2.16. The molecule has 3 aromatic heterocycles. The van der Waals surface area contributed by atoms with Gasteiger partial charge in [-0.1, -0.05) is 0 Å². The summed E-state index contributed by atoms with van der Waals surface area (Å²) in [5, 5.41) is 7.75. The van der Waals surface area contributed by atoms with E-state index in [4.69, 9.17) is 9.40 Å². The summed E-state index contributed by atoms with van der Waals surface area (Å²) in [5.41, 5.74) is 3.51. The van der Waals surface area contributed by atoms with Crippen LogP contribution in [0.1, 0.15) is 25.7 Å². The third-order valence-electron chi connectivity index (χ3n) is 6.28. The van der Waals surface area contributed by atoms with Gasteiger partial charge in [-0.15, -0.1) is 0 Å². The second-order valence-electron chi connectivity index (χ2n) is 8.51. The Bertz CT molecular complexity index is 1340. The largest absolute Gasteiger partial charge is 0.436 e. The Kier molecular flexibility index (Phi) is 4.45. The Morgan fingerprint density at radius 1 is 1.09 bits per heavy atom. The van der Waals surface area contributed by atoms with Crippen LogP contribution in [-0.2, 0) is 4.79 Å². The highest BCUT2D eigenvalue weighted by Crippen LogP contribution is 2.35. The fraction of sp³-hybridized carbons (Fsp3) is 0.333. The molecular weight excluding hydrogens is 404 g/mol. The minimum atomic E-state index is 0.0256. The number of aromatic nitrogens is 3. The fourth-order valence-corrected chi connectivity index (χ4v) is 4.35. The molecule has 1 aromatic carbocycles. The Morgan fingerprint density at radius 2 is 1.94 bits per heavy atom. The van der Waals surface area contributed by atoms with Gasteiger partial charge in [0.05, 0.1) is 5.56 Å². The van der Waals surface area contributed by atoms with Crippen LogP contribution in [0.4, 0.5) is 17.3 Å². The zero-order valence-corrected chi connectivity index (χ0v) is 17.9. The van der Waals surface area contributed by atoms with Crippen LogP contribution in [0.5, 0.6) is 0 Å². The number of hydrogen-bond donors (Lipinski definition) is 2. The van der Waals surface area contributed by atoms with Gasteiger partial charge in [-0.25, -0.2) is 15.0 Å². The molecule has 0 spiro atoms. The molecule has 1 aliphatic carbocycles. The van der Waals surface area contributed by atoms with E-state index in [0.717, 1.165) is 53.4 Å². The first kappa shape index (κ1) is 19.0. The molecule has 2 aliphatic rings. The van der Waals surface area contributed by atoms with E-state index in [1.807, 2.05) is 19.2 Å². The number of carbonyl (C=O) groups excluding carboxylic acids is 1. The van der Waals surface area contributed by atoms with Crippen molar-refractivity contribution in [2.75, 3.05) is 35.7 Å². The number of fused-ring (bicyclic) bond motifs is 2. The number of anilines is 3. The lowest BCUT2D eigenvalue weighted by Crippen LogP contribution is -2.17. The zero-order chi connectivity index (χ0) is 21.7. The average Bonchev–Trinajstić information content (AvgIpc) is 3.36. The molecule has 0 radical (unpaired) electrons. The predicted molar refractivity (Wildman–Crippen MR) is 125 cm³/mol. The van der Waals surface area contributed by atoms with E-state index in [-0.39, 0.29) is 11.8 Å². The summed E-state index contributed by atoms with van der Waals surface area (Å²) in [6.07, 6.45) is 7.83. The molecule has 1 saturated carbocycles. The van der Waals surface area contributed by atoms with E-state index in [9.17, 15) is 4.79 Å². The van der Waals surface area contributed by atoms with Crippen LogP contribution in [0.25, 0.3) is 33.3 Å². The Labute approximate surface area is 185 Å². The second-order valence-corrected chi connectivity index (χ2v) is 8.51. The van der Waals surface area contributed by atoms with E-state index in [1.165, 1.54) is 18.5 Å². The van der Waals surface area contributed by atoms with Gasteiger partial charge < -0.3 is 20.0 Å². The quantitative estimate of drug-likeness (QED) is 0.485. The molecule has 8 nitrogen and oxygen atoms in total. The van der Waals surface area contributed by atoms with Crippen molar-refractivity contribution in [3.63, 3.8) is 0 Å². The first-order valence-corrected chi connectivity index (χ1v) is 11.1. The molecule has 4 aromatic rings. The van der Waals surface area contributed by atoms with Gasteiger partial charge in [0.2, 0.25) is 11.8 Å². The maximum Gasteiger partial charge on any atom is 0.229 e. The van der Waals surface area contributed by atoms with Crippen LogP contribution >= 0.6 is 0 Å². The number of hydrogen-bond acceptors (Lipinski definition) is 7. The monoisotopic (exact) mass is 428 g/mol. The standard InChI is InChI=1S/C24H24N6O2/c1-25-22-17-12-26-21(29-23(31)14-4-5-14)11-16(17)18(13-27-22)24-28-19-10-15(6-7-20(19)32-24)30-8-2-3-9-30/h6-7,10-14H,2-5,8-9H2,1H3,(H,25,27)(H,26,29,31). The number of benzene rings is 1. The van der Waals surface area contributed by atoms with Crippen molar-refractivity contribution in [2.45, 2.75) is 25.7 Å². The van der Waals surface area contributed by atoms with Gasteiger partial charge in [0, 0.05) is 54.9 Å². The lowest BCUT2D eigenvalue weighted by atomic mass is 10.1. The first-order chi connectivity index (χ1) is 15.7. The maximum absolute atomic E-state index is 12.2. The Hall–Kier alpha value is -3.68. The summed E-state index contributed by atoms with van der Waals surface area (Å²) in [5.74, 6) is 1.88. The van der Waals surface area contributed by atoms with E-state index in [0.29, 0.717) is 17.5 Å². The topological polar surface area (TPSA) is 96.2 Å². The molecule has 4 heterocycles. The smallest absolute Gasteiger partial charge is 0.229 e. The van der Waals surface area contributed by atoms with E-state index in [1.54, 1.807) is 12.4 Å². The van der Waals surface area contributed by atoms with E-state index in [2.05, 4.69) is 37.6 Å². The number of carbonyl (C=O) groups is 1. The fourth-order valence-electron chi connectivity index (χ4n) is 4.35. The first-order valence-electron chi connectivity index (χ1n) is 11.1. The summed E-state index contributed by atoms with van der Waals surface area (Å²) in [4.78, 5) is 28.4. The summed E-state index contributed by atoms with van der Waals surface area (Å²) >= 11 is 0. The van der Waals surface area contributed by atoms with Crippen LogP contribution < -0.4 is 15.5 Å². The number of nitrogens with one attached hydrogen (secondary N) is 2. The van der Waals surface area contributed by atoms with Gasteiger partial charge in [0.1, 0.15) is 17.2 Å². The molecule has 8 heteroatoms. The normalized spacial score (nSPS) is 16.1. The Balaban J connectivity index is 1.43. The zero-order valence-electron chi connectivity index (χ0n) is 17.9. The third-order valence-corrected chi connectivity index (χ3v) is 6.28. The van der Waals surface area contributed by atoms with Gasteiger partial charge in [0.25, 0.3) is 0 Å². The van der Waals surface area contributed by atoms with Crippen molar-refractivity contribution in [2.24, 2.45) is 5.92 Å². The van der Waals surface area contributed by atoms with Crippen molar-refractivity contribution >= 4 is 45.1 Å². The summed E-state index contributed by atoms with van der Waals surface area (Å²) < 4.78 is 6.12. The van der Waals surface area contributed by atoms with Crippen molar-refractivity contribution in [1.82, 2.24) is 15.0 Å². The summed E-state index contributed by atoms with van der Waals surface area (Å²) in [6, 6.07) is 8.05. The van der Waals surface area contributed by atoms with Crippen molar-refractivity contribution < 1.29 is 9.21 Å². The lowest BCUT2D eigenvalue weighted by Gasteiger charge is -2.16. The molecule has 1 aliphatic heterocycles. The SMILES string of the molecule is CNc1ncc(-c2nc3cc(N4CCCC4)ccc3o2)c2cc(NC(=O)C3CC3)ncc12.